The van der Waals surface area contributed by atoms with Crippen molar-refractivity contribution in [3.63, 3.8) is 0 Å². The fourth-order valence-corrected chi connectivity index (χ4v) is 1.29. The second kappa shape index (κ2) is 6.98. The van der Waals surface area contributed by atoms with E-state index in [-0.39, 0.29) is 13.2 Å². The third-order valence-electron chi connectivity index (χ3n) is 2.04. The van der Waals surface area contributed by atoms with E-state index in [1.165, 1.54) is 0 Å². The van der Waals surface area contributed by atoms with Gasteiger partial charge in [0.15, 0.2) is 0 Å². The number of aliphatic hydroxyl groups excluding tert-OH is 1. The lowest BCUT2D eigenvalue weighted by molar-refractivity contribution is -0.151. The number of carbonyl (C=O) groups is 1. The van der Waals surface area contributed by atoms with Crippen LogP contribution in [-0.2, 0) is 14.3 Å². The van der Waals surface area contributed by atoms with E-state index in [0.29, 0.717) is 6.61 Å². The first kappa shape index (κ1) is 12.7. The first-order chi connectivity index (χ1) is 7.77. The molecule has 0 aliphatic heterocycles. The Labute approximate surface area is 94.8 Å². The number of ether oxygens (including phenoxy) is 2. The molecule has 0 aliphatic carbocycles. The maximum Gasteiger partial charge on any atom is 0.332 e. The van der Waals surface area contributed by atoms with E-state index >= 15 is 0 Å². The van der Waals surface area contributed by atoms with Crippen LogP contribution in [0.25, 0.3) is 0 Å². The SMILES string of the molecule is CCOC(=O)CO[C@@H](CO)c1ccccc1. The largest absolute Gasteiger partial charge is 0.464 e. The topological polar surface area (TPSA) is 55.8 Å². The van der Waals surface area contributed by atoms with Crippen molar-refractivity contribution in [3.05, 3.63) is 35.9 Å². The molecule has 1 aromatic carbocycles. The van der Waals surface area contributed by atoms with Crippen molar-refractivity contribution in [2.45, 2.75) is 13.0 Å². The van der Waals surface area contributed by atoms with Gasteiger partial charge in [0.25, 0.3) is 0 Å². The van der Waals surface area contributed by atoms with E-state index in [4.69, 9.17) is 14.6 Å². The van der Waals surface area contributed by atoms with Gasteiger partial charge < -0.3 is 14.6 Å². The van der Waals surface area contributed by atoms with Crippen LogP contribution in [0.4, 0.5) is 0 Å². The highest BCUT2D eigenvalue weighted by molar-refractivity contribution is 5.70. The summed E-state index contributed by atoms with van der Waals surface area (Å²) in [6.07, 6.45) is -0.481. The average Bonchev–Trinajstić information content (AvgIpc) is 2.31. The minimum absolute atomic E-state index is 0.145. The van der Waals surface area contributed by atoms with Gasteiger partial charge in [-0.3, -0.25) is 0 Å². The van der Waals surface area contributed by atoms with Crippen molar-refractivity contribution >= 4 is 5.97 Å². The van der Waals surface area contributed by atoms with Gasteiger partial charge in [0, 0.05) is 0 Å². The van der Waals surface area contributed by atoms with Gasteiger partial charge in [0.1, 0.15) is 12.7 Å². The third-order valence-corrected chi connectivity index (χ3v) is 2.04. The molecule has 0 amide bonds. The van der Waals surface area contributed by atoms with Crippen molar-refractivity contribution in [1.82, 2.24) is 0 Å². The molecule has 0 bridgehead atoms. The normalized spacial score (nSPS) is 12.1. The standard InChI is InChI=1S/C12H16O4/c1-2-15-12(14)9-16-11(8-13)10-6-4-3-5-7-10/h3-7,11,13H,2,8-9H2,1H3/t11-/m0/s1. The van der Waals surface area contributed by atoms with Crippen molar-refractivity contribution < 1.29 is 19.4 Å². The minimum atomic E-state index is -0.481. The fourth-order valence-electron chi connectivity index (χ4n) is 1.29. The zero-order chi connectivity index (χ0) is 11.8. The summed E-state index contributed by atoms with van der Waals surface area (Å²) in [5.74, 6) is -0.420. The Morgan fingerprint density at radius 2 is 2.06 bits per heavy atom. The molecule has 0 radical (unpaired) electrons. The molecule has 0 saturated heterocycles. The molecule has 4 nitrogen and oxygen atoms in total. The average molecular weight is 224 g/mol. The molecule has 16 heavy (non-hydrogen) atoms. The Kier molecular flexibility index (Phi) is 5.53. The van der Waals surface area contributed by atoms with Crippen molar-refractivity contribution in [2.24, 2.45) is 0 Å². The van der Waals surface area contributed by atoms with Crippen LogP contribution in [0.5, 0.6) is 0 Å². The molecule has 0 fully saturated rings. The summed E-state index contributed by atoms with van der Waals surface area (Å²) in [4.78, 5) is 11.1. The number of esters is 1. The highest BCUT2D eigenvalue weighted by Gasteiger charge is 2.12. The first-order valence-electron chi connectivity index (χ1n) is 5.21. The van der Waals surface area contributed by atoms with E-state index in [9.17, 15) is 4.79 Å². The summed E-state index contributed by atoms with van der Waals surface area (Å²) in [7, 11) is 0. The lowest BCUT2D eigenvalue weighted by Gasteiger charge is -2.14. The molecule has 0 unspecified atom stereocenters. The van der Waals surface area contributed by atoms with Crippen LogP contribution in [-0.4, -0.2) is 30.9 Å². The van der Waals surface area contributed by atoms with E-state index in [1.807, 2.05) is 30.3 Å². The van der Waals surface area contributed by atoms with Crippen LogP contribution in [0.2, 0.25) is 0 Å². The third kappa shape index (κ3) is 4.00. The Bertz CT molecular complexity index is 310. The van der Waals surface area contributed by atoms with Gasteiger partial charge in [0.2, 0.25) is 0 Å². The molecule has 1 atom stereocenters. The number of rotatable bonds is 6. The summed E-state index contributed by atoms with van der Waals surface area (Å²) in [5.41, 5.74) is 0.842. The van der Waals surface area contributed by atoms with Crippen LogP contribution in [0.15, 0.2) is 30.3 Å². The van der Waals surface area contributed by atoms with Gasteiger partial charge in [-0.1, -0.05) is 30.3 Å². The Hall–Kier alpha value is -1.39. The second-order valence-electron chi connectivity index (χ2n) is 3.20. The van der Waals surface area contributed by atoms with Crippen molar-refractivity contribution in [2.75, 3.05) is 19.8 Å². The number of benzene rings is 1. The van der Waals surface area contributed by atoms with E-state index < -0.39 is 12.1 Å². The summed E-state index contributed by atoms with van der Waals surface area (Å²) >= 11 is 0. The second-order valence-corrected chi connectivity index (χ2v) is 3.20. The molecule has 1 aromatic rings. The van der Waals surface area contributed by atoms with Gasteiger partial charge in [-0.2, -0.15) is 0 Å². The van der Waals surface area contributed by atoms with Crippen LogP contribution in [0.3, 0.4) is 0 Å². The molecule has 1 rings (SSSR count). The molecule has 0 heterocycles. The summed E-state index contributed by atoms with van der Waals surface area (Å²) in [6, 6.07) is 9.26. The van der Waals surface area contributed by atoms with E-state index in [1.54, 1.807) is 6.92 Å². The molecule has 0 aliphatic rings. The van der Waals surface area contributed by atoms with Crippen molar-refractivity contribution in [1.29, 1.82) is 0 Å². The number of carbonyl (C=O) groups excluding carboxylic acids is 1. The van der Waals surface area contributed by atoms with Crippen LogP contribution >= 0.6 is 0 Å². The molecule has 0 saturated carbocycles. The smallest absolute Gasteiger partial charge is 0.332 e. The zero-order valence-corrected chi connectivity index (χ0v) is 9.26. The predicted octanol–water partition coefficient (Wildman–Crippen LogP) is 1.30. The lowest BCUT2D eigenvalue weighted by Crippen LogP contribution is -2.17. The Morgan fingerprint density at radius 1 is 1.38 bits per heavy atom. The Balaban J connectivity index is 2.47. The molecule has 1 N–H and O–H groups in total. The number of aliphatic hydroxyl groups is 1. The highest BCUT2D eigenvalue weighted by atomic mass is 16.6. The van der Waals surface area contributed by atoms with Gasteiger partial charge in [-0.05, 0) is 12.5 Å². The van der Waals surface area contributed by atoms with Crippen molar-refractivity contribution in [3.8, 4) is 0 Å². The van der Waals surface area contributed by atoms with Crippen LogP contribution in [0.1, 0.15) is 18.6 Å². The Morgan fingerprint density at radius 3 is 2.62 bits per heavy atom. The molecule has 0 spiro atoms. The molecular formula is C12H16O4. The van der Waals surface area contributed by atoms with Gasteiger partial charge in [-0.15, -0.1) is 0 Å². The monoisotopic (exact) mass is 224 g/mol. The van der Waals surface area contributed by atoms with Gasteiger partial charge in [0.05, 0.1) is 13.2 Å². The van der Waals surface area contributed by atoms with Crippen LogP contribution < -0.4 is 0 Å². The minimum Gasteiger partial charge on any atom is -0.464 e. The fraction of sp³-hybridized carbons (Fsp3) is 0.417. The molecule has 88 valence electrons. The van der Waals surface area contributed by atoms with Gasteiger partial charge >= 0.3 is 5.97 Å². The molecule has 0 aromatic heterocycles. The maximum absolute atomic E-state index is 11.1. The van der Waals surface area contributed by atoms with Crippen LogP contribution in [0, 0.1) is 0 Å². The maximum atomic E-state index is 11.1. The zero-order valence-electron chi connectivity index (χ0n) is 9.26. The summed E-state index contributed by atoms with van der Waals surface area (Å²) in [6.45, 7) is 1.76. The molecule has 4 heteroatoms. The quantitative estimate of drug-likeness (QED) is 0.740. The van der Waals surface area contributed by atoms with E-state index in [0.717, 1.165) is 5.56 Å². The molecular weight excluding hydrogens is 208 g/mol. The summed E-state index contributed by atoms with van der Waals surface area (Å²) in [5, 5.41) is 9.15. The number of hydrogen-bond donors (Lipinski definition) is 1. The van der Waals surface area contributed by atoms with Gasteiger partial charge in [-0.25, -0.2) is 4.79 Å². The number of hydrogen-bond acceptors (Lipinski definition) is 4. The lowest BCUT2D eigenvalue weighted by atomic mass is 10.1. The predicted molar refractivity (Wildman–Crippen MR) is 58.9 cm³/mol. The van der Waals surface area contributed by atoms with E-state index in [2.05, 4.69) is 0 Å². The first-order valence-corrected chi connectivity index (χ1v) is 5.21. The highest BCUT2D eigenvalue weighted by Crippen LogP contribution is 2.15. The summed E-state index contributed by atoms with van der Waals surface area (Å²) < 4.78 is 9.99.